The molecule has 1 N–H and O–H groups in total. The minimum atomic E-state index is -0.106. The lowest BCUT2D eigenvalue weighted by atomic mass is 9.77. The van der Waals surface area contributed by atoms with E-state index in [2.05, 4.69) is 57.3 Å². The van der Waals surface area contributed by atoms with E-state index >= 15 is 0 Å². The molecule has 1 aliphatic carbocycles. The van der Waals surface area contributed by atoms with Crippen molar-refractivity contribution in [2.24, 2.45) is 0 Å². The molecule has 0 radical (unpaired) electrons. The second-order valence-corrected chi connectivity index (χ2v) is 7.01. The smallest absolute Gasteiger partial charge is 0.0612 e. The van der Waals surface area contributed by atoms with Crippen molar-refractivity contribution in [2.75, 3.05) is 27.3 Å². The van der Waals surface area contributed by atoms with Crippen molar-refractivity contribution in [1.29, 1.82) is 0 Å². The number of nitrogens with one attached hydrogen (secondary N) is 1. The Hall–Kier alpha value is -1.64. The average Bonchev–Trinajstić information content (AvgIpc) is 2.72. The first-order chi connectivity index (χ1) is 10.9. The van der Waals surface area contributed by atoms with E-state index in [-0.39, 0.29) is 5.41 Å². The topological polar surface area (TPSA) is 21.3 Å². The zero-order valence-electron chi connectivity index (χ0n) is 15.1. The Bertz CT molecular complexity index is 695. The molecule has 0 unspecified atom stereocenters. The highest BCUT2D eigenvalue weighted by molar-refractivity contribution is 5.83. The summed E-state index contributed by atoms with van der Waals surface area (Å²) in [4.78, 5) is 0. The summed E-state index contributed by atoms with van der Waals surface area (Å²) >= 11 is 0. The van der Waals surface area contributed by atoms with Gasteiger partial charge >= 0.3 is 0 Å². The lowest BCUT2D eigenvalue weighted by molar-refractivity contribution is 0.149. The Labute approximate surface area is 139 Å². The maximum Gasteiger partial charge on any atom is 0.0612 e. The van der Waals surface area contributed by atoms with Gasteiger partial charge in [-0.15, -0.1) is 0 Å². The zero-order chi connectivity index (χ0) is 16.8. The van der Waals surface area contributed by atoms with Gasteiger partial charge in [-0.2, -0.15) is 0 Å². The molecular weight excluding hydrogens is 282 g/mol. The molecule has 2 nitrogen and oxygen atoms in total. The maximum atomic E-state index is 5.70. The van der Waals surface area contributed by atoms with E-state index in [1.54, 1.807) is 7.11 Å². The third kappa shape index (κ3) is 2.32. The number of methoxy groups -OCH3 is 1. The Balaban J connectivity index is 2.38. The fourth-order valence-electron chi connectivity index (χ4n) is 3.96. The molecule has 3 rings (SSSR count). The number of aryl methyl sites for hydroxylation is 4. The van der Waals surface area contributed by atoms with E-state index in [9.17, 15) is 0 Å². The van der Waals surface area contributed by atoms with Gasteiger partial charge < -0.3 is 10.1 Å². The molecule has 122 valence electrons. The van der Waals surface area contributed by atoms with Gasteiger partial charge in [0.2, 0.25) is 0 Å². The minimum Gasteiger partial charge on any atom is -0.383 e. The van der Waals surface area contributed by atoms with Crippen molar-refractivity contribution < 1.29 is 4.74 Å². The Morgan fingerprint density at radius 1 is 0.826 bits per heavy atom. The van der Waals surface area contributed by atoms with Gasteiger partial charge in [-0.3, -0.25) is 0 Å². The third-order valence-electron chi connectivity index (χ3n) is 5.46. The molecule has 2 aromatic rings. The molecule has 0 amide bonds. The van der Waals surface area contributed by atoms with Crippen LogP contribution in [0.4, 0.5) is 0 Å². The van der Waals surface area contributed by atoms with Gasteiger partial charge in [0, 0.05) is 13.7 Å². The summed E-state index contributed by atoms with van der Waals surface area (Å²) < 4.78 is 5.70. The summed E-state index contributed by atoms with van der Waals surface area (Å²) in [6.45, 7) is 10.4. The molecule has 2 aromatic carbocycles. The van der Waals surface area contributed by atoms with Crippen LogP contribution in [0.5, 0.6) is 0 Å². The Morgan fingerprint density at radius 2 is 1.26 bits per heavy atom. The summed E-state index contributed by atoms with van der Waals surface area (Å²) in [5.41, 5.74) is 10.8. The first-order valence-corrected chi connectivity index (χ1v) is 8.32. The highest BCUT2D eigenvalue weighted by Crippen LogP contribution is 2.50. The molecule has 0 spiro atoms. The molecule has 0 saturated carbocycles. The molecular formula is C21H27NO. The summed E-state index contributed by atoms with van der Waals surface area (Å²) in [5.74, 6) is 0. The summed E-state index contributed by atoms with van der Waals surface area (Å²) in [5, 5.41) is 3.41. The summed E-state index contributed by atoms with van der Waals surface area (Å²) in [6.07, 6.45) is 0. The number of hydrogen-bond donors (Lipinski definition) is 1. The number of rotatable bonds is 4. The lowest BCUT2D eigenvalue weighted by Crippen LogP contribution is -2.40. The fraction of sp³-hybridized carbons (Fsp3) is 0.429. The molecule has 0 aromatic heterocycles. The summed E-state index contributed by atoms with van der Waals surface area (Å²) in [6, 6.07) is 9.44. The standard InChI is InChI=1S/C21H27NO/c1-13-7-17-18-8-14(2)16(4)10-20(18)21(11-22-5,12-23-6)19(17)9-15(13)3/h7-10,22H,11-12H2,1-6H3. The minimum absolute atomic E-state index is 0.106. The normalized spacial score (nSPS) is 14.7. The number of fused-ring (bicyclic) bond motifs is 3. The van der Waals surface area contributed by atoms with Gasteiger partial charge in [0.1, 0.15) is 0 Å². The van der Waals surface area contributed by atoms with Crippen LogP contribution < -0.4 is 5.32 Å². The predicted octanol–water partition coefficient (Wildman–Crippen LogP) is 4.05. The van der Waals surface area contributed by atoms with E-state index in [0.29, 0.717) is 6.61 Å². The molecule has 0 bridgehead atoms. The number of hydrogen-bond acceptors (Lipinski definition) is 2. The Morgan fingerprint density at radius 3 is 1.65 bits per heavy atom. The third-order valence-corrected chi connectivity index (χ3v) is 5.46. The summed E-state index contributed by atoms with van der Waals surface area (Å²) in [7, 11) is 3.83. The van der Waals surface area contributed by atoms with Gasteiger partial charge in [0.25, 0.3) is 0 Å². The highest BCUT2D eigenvalue weighted by Gasteiger charge is 2.43. The van der Waals surface area contributed by atoms with E-state index < -0.39 is 0 Å². The monoisotopic (exact) mass is 309 g/mol. The number of benzene rings is 2. The van der Waals surface area contributed by atoms with E-state index in [4.69, 9.17) is 4.74 Å². The zero-order valence-corrected chi connectivity index (χ0v) is 15.1. The van der Waals surface area contributed by atoms with Gasteiger partial charge in [-0.25, -0.2) is 0 Å². The van der Waals surface area contributed by atoms with Crippen molar-refractivity contribution in [3.8, 4) is 11.1 Å². The van der Waals surface area contributed by atoms with E-state index in [0.717, 1.165) is 6.54 Å². The SMILES string of the molecule is CNCC1(COC)c2cc(C)c(C)cc2-c2cc(C)c(C)cc21. The second kappa shape index (κ2) is 5.77. The van der Waals surface area contributed by atoms with Crippen molar-refractivity contribution in [1.82, 2.24) is 5.32 Å². The largest absolute Gasteiger partial charge is 0.383 e. The van der Waals surface area contributed by atoms with Crippen LogP contribution in [0.15, 0.2) is 24.3 Å². The molecule has 1 aliphatic rings. The lowest BCUT2D eigenvalue weighted by Gasteiger charge is -2.32. The maximum absolute atomic E-state index is 5.70. The van der Waals surface area contributed by atoms with Gasteiger partial charge in [0.15, 0.2) is 0 Å². The van der Waals surface area contributed by atoms with Crippen molar-refractivity contribution in [3.05, 3.63) is 57.6 Å². The number of likely N-dealkylation sites (N-methyl/N-ethyl adjacent to an activating group) is 1. The Kier molecular flexibility index (Phi) is 4.07. The molecule has 23 heavy (non-hydrogen) atoms. The van der Waals surface area contributed by atoms with Gasteiger partial charge in [-0.1, -0.05) is 24.3 Å². The molecule has 0 atom stereocenters. The van der Waals surface area contributed by atoms with Crippen LogP contribution in [0.1, 0.15) is 33.4 Å². The van der Waals surface area contributed by atoms with E-state index in [1.807, 2.05) is 7.05 Å². The highest BCUT2D eigenvalue weighted by atomic mass is 16.5. The first-order valence-electron chi connectivity index (χ1n) is 8.32. The quantitative estimate of drug-likeness (QED) is 0.920. The van der Waals surface area contributed by atoms with Crippen molar-refractivity contribution in [3.63, 3.8) is 0 Å². The molecule has 0 aliphatic heterocycles. The second-order valence-electron chi connectivity index (χ2n) is 7.01. The van der Waals surface area contributed by atoms with Crippen LogP contribution in [-0.4, -0.2) is 27.3 Å². The molecule has 0 saturated heterocycles. The van der Waals surface area contributed by atoms with Crippen LogP contribution in [0.25, 0.3) is 11.1 Å². The fourth-order valence-corrected chi connectivity index (χ4v) is 3.96. The molecule has 0 fully saturated rings. The van der Waals surface area contributed by atoms with Crippen molar-refractivity contribution >= 4 is 0 Å². The van der Waals surface area contributed by atoms with E-state index in [1.165, 1.54) is 44.5 Å². The average molecular weight is 309 g/mol. The predicted molar refractivity (Wildman–Crippen MR) is 97.4 cm³/mol. The van der Waals surface area contributed by atoms with Crippen LogP contribution in [0.3, 0.4) is 0 Å². The van der Waals surface area contributed by atoms with Crippen LogP contribution in [0, 0.1) is 27.7 Å². The molecule has 2 heteroatoms. The molecule has 0 heterocycles. The van der Waals surface area contributed by atoms with Gasteiger partial charge in [0.05, 0.1) is 12.0 Å². The van der Waals surface area contributed by atoms with Crippen LogP contribution in [0.2, 0.25) is 0 Å². The van der Waals surface area contributed by atoms with Crippen molar-refractivity contribution in [2.45, 2.75) is 33.1 Å². The van der Waals surface area contributed by atoms with Crippen LogP contribution >= 0.6 is 0 Å². The van der Waals surface area contributed by atoms with Gasteiger partial charge in [-0.05, 0) is 79.3 Å². The number of ether oxygens (including phenoxy) is 1. The van der Waals surface area contributed by atoms with Crippen LogP contribution in [-0.2, 0) is 10.2 Å². The first kappa shape index (κ1) is 16.2.